The average molecular weight is 461 g/mol. The molecule has 1 aliphatic rings. The molecule has 1 N–H and O–H groups in total. The summed E-state index contributed by atoms with van der Waals surface area (Å²) in [5.74, 6) is -13.2. The fraction of sp³-hybridized carbons (Fsp3) is 0.286. The molecule has 32 heavy (non-hydrogen) atoms. The van der Waals surface area contributed by atoms with Crippen molar-refractivity contribution < 1.29 is 45.1 Å². The van der Waals surface area contributed by atoms with Gasteiger partial charge in [0, 0.05) is 18.4 Å². The van der Waals surface area contributed by atoms with Gasteiger partial charge >= 0.3 is 6.18 Å². The molecule has 11 heteroatoms. The molecule has 0 bridgehead atoms. The van der Waals surface area contributed by atoms with E-state index in [0.717, 1.165) is 0 Å². The molecule has 1 amide bonds. The van der Waals surface area contributed by atoms with E-state index in [4.69, 9.17) is 0 Å². The van der Waals surface area contributed by atoms with Crippen LogP contribution in [0.1, 0.15) is 52.7 Å². The van der Waals surface area contributed by atoms with Crippen LogP contribution < -0.4 is 5.32 Å². The first-order valence-corrected chi connectivity index (χ1v) is 9.22. The Labute approximate surface area is 176 Å². The monoisotopic (exact) mass is 461 g/mol. The minimum absolute atomic E-state index is 0.0195. The number of benzene rings is 2. The molecule has 0 heterocycles. The Morgan fingerprint density at radius 3 is 2.16 bits per heavy atom. The van der Waals surface area contributed by atoms with E-state index in [1.807, 2.05) is 0 Å². The summed E-state index contributed by atoms with van der Waals surface area (Å²) in [5, 5.41) is 1.61. The molecule has 3 rings (SSSR count). The number of ketones is 2. The number of nitrogens with one attached hydrogen (secondary N) is 1. The van der Waals surface area contributed by atoms with Gasteiger partial charge in [-0.05, 0) is 24.5 Å². The molecule has 4 nitrogen and oxygen atoms in total. The lowest BCUT2D eigenvalue weighted by molar-refractivity contribution is -0.143. The largest absolute Gasteiger partial charge is 0.422 e. The highest BCUT2D eigenvalue weighted by molar-refractivity contribution is 6.04. The number of anilines is 1. The lowest BCUT2D eigenvalue weighted by Crippen LogP contribution is -2.28. The molecule has 1 atom stereocenters. The fourth-order valence-corrected chi connectivity index (χ4v) is 3.59. The first-order chi connectivity index (χ1) is 14.8. The van der Waals surface area contributed by atoms with Gasteiger partial charge in [-0.15, -0.1) is 0 Å². The standard InChI is InChI=1S/C21H14F7NO3/c1-8(30)6-9-2-3-10-12(7-9)11(4-5-13(10)31)20(32)29-19-17(24)15(22)14(21(26,27)28)16(23)18(19)25/h2-3,7,11H,4-6H2,1H3,(H,29,32). The van der Waals surface area contributed by atoms with E-state index in [1.165, 1.54) is 25.1 Å². The van der Waals surface area contributed by atoms with Crippen LogP contribution >= 0.6 is 0 Å². The Balaban J connectivity index is 2.01. The smallest absolute Gasteiger partial charge is 0.320 e. The molecule has 1 unspecified atom stereocenters. The van der Waals surface area contributed by atoms with E-state index in [-0.39, 0.29) is 42.0 Å². The van der Waals surface area contributed by atoms with Gasteiger partial charge in [-0.1, -0.05) is 18.2 Å². The van der Waals surface area contributed by atoms with Crippen molar-refractivity contribution in [2.24, 2.45) is 0 Å². The van der Waals surface area contributed by atoms with E-state index >= 15 is 0 Å². The molecular weight excluding hydrogens is 447 g/mol. The summed E-state index contributed by atoms with van der Waals surface area (Å²) in [4.78, 5) is 36.2. The van der Waals surface area contributed by atoms with Crippen molar-refractivity contribution in [3.8, 4) is 0 Å². The van der Waals surface area contributed by atoms with Crippen molar-refractivity contribution in [3.05, 3.63) is 63.7 Å². The summed E-state index contributed by atoms with van der Waals surface area (Å²) in [6.45, 7) is 1.31. The lowest BCUT2D eigenvalue weighted by atomic mass is 9.80. The van der Waals surface area contributed by atoms with Gasteiger partial charge in [0.05, 0.1) is 5.92 Å². The van der Waals surface area contributed by atoms with Gasteiger partial charge in [0.25, 0.3) is 0 Å². The zero-order chi connectivity index (χ0) is 24.0. The van der Waals surface area contributed by atoms with Crippen molar-refractivity contribution in [3.63, 3.8) is 0 Å². The maximum absolute atomic E-state index is 14.1. The summed E-state index contributed by atoms with van der Waals surface area (Å²) in [7, 11) is 0. The Morgan fingerprint density at radius 2 is 1.62 bits per heavy atom. The van der Waals surface area contributed by atoms with Crippen LogP contribution in [0.3, 0.4) is 0 Å². The molecule has 0 radical (unpaired) electrons. The predicted molar refractivity (Wildman–Crippen MR) is 97.0 cm³/mol. The van der Waals surface area contributed by atoms with Crippen molar-refractivity contribution in [1.29, 1.82) is 0 Å². The second-order valence-corrected chi connectivity index (χ2v) is 7.31. The van der Waals surface area contributed by atoms with Crippen molar-refractivity contribution >= 4 is 23.2 Å². The zero-order valence-electron chi connectivity index (χ0n) is 16.3. The van der Waals surface area contributed by atoms with E-state index in [2.05, 4.69) is 0 Å². The number of rotatable bonds is 4. The third kappa shape index (κ3) is 4.23. The van der Waals surface area contributed by atoms with Crippen LogP contribution in [0, 0.1) is 23.3 Å². The molecule has 0 saturated heterocycles. The van der Waals surface area contributed by atoms with E-state index in [0.29, 0.717) is 5.56 Å². The molecule has 0 saturated carbocycles. The molecule has 0 aromatic heterocycles. The maximum Gasteiger partial charge on any atom is 0.422 e. The van der Waals surface area contributed by atoms with Crippen LogP contribution in [-0.4, -0.2) is 17.5 Å². The predicted octanol–water partition coefficient (Wildman–Crippen LogP) is 5.09. The minimum Gasteiger partial charge on any atom is -0.320 e. The number of fused-ring (bicyclic) bond motifs is 1. The van der Waals surface area contributed by atoms with Gasteiger partial charge in [-0.25, -0.2) is 17.6 Å². The summed E-state index contributed by atoms with van der Waals surface area (Å²) in [6.07, 6.45) is -5.99. The molecule has 170 valence electrons. The van der Waals surface area contributed by atoms with Gasteiger partial charge in [0.15, 0.2) is 29.1 Å². The third-order valence-electron chi connectivity index (χ3n) is 5.02. The Morgan fingerprint density at radius 1 is 1.03 bits per heavy atom. The van der Waals surface area contributed by atoms with E-state index in [9.17, 15) is 45.1 Å². The van der Waals surface area contributed by atoms with Crippen LogP contribution in [0.4, 0.5) is 36.4 Å². The number of amides is 1. The van der Waals surface area contributed by atoms with Crippen molar-refractivity contribution in [1.82, 2.24) is 0 Å². The number of Topliss-reactive ketones (excluding diaryl/α,β-unsaturated/α-hetero) is 2. The highest BCUT2D eigenvalue weighted by Gasteiger charge is 2.43. The summed E-state index contributed by atoms with van der Waals surface area (Å²) >= 11 is 0. The van der Waals surface area contributed by atoms with Crippen LogP contribution in [0.5, 0.6) is 0 Å². The van der Waals surface area contributed by atoms with E-state index in [1.54, 1.807) is 5.32 Å². The molecule has 0 aliphatic heterocycles. The van der Waals surface area contributed by atoms with Gasteiger partial charge in [-0.2, -0.15) is 13.2 Å². The van der Waals surface area contributed by atoms with E-state index < -0.39 is 52.5 Å². The normalized spacial score (nSPS) is 16.0. The third-order valence-corrected chi connectivity index (χ3v) is 5.02. The molecular formula is C21H14F7NO3. The number of carbonyl (C=O) groups is 3. The summed E-state index contributed by atoms with van der Waals surface area (Å²) < 4.78 is 94.1. The fourth-order valence-electron chi connectivity index (χ4n) is 3.59. The van der Waals surface area contributed by atoms with Crippen molar-refractivity contribution in [2.45, 2.75) is 38.3 Å². The average Bonchev–Trinajstić information content (AvgIpc) is 2.68. The first-order valence-electron chi connectivity index (χ1n) is 9.22. The number of alkyl halides is 3. The molecule has 0 fully saturated rings. The quantitative estimate of drug-likeness (QED) is 0.510. The molecule has 1 aliphatic carbocycles. The molecule has 2 aromatic carbocycles. The van der Waals surface area contributed by atoms with Crippen LogP contribution in [-0.2, 0) is 22.2 Å². The van der Waals surface area contributed by atoms with Gasteiger partial charge in [-0.3, -0.25) is 14.4 Å². The lowest BCUT2D eigenvalue weighted by Gasteiger charge is -2.25. The second kappa shape index (κ2) is 8.36. The maximum atomic E-state index is 14.1. The number of hydrogen-bond acceptors (Lipinski definition) is 3. The SMILES string of the molecule is CC(=O)Cc1ccc2c(c1)C(C(=O)Nc1c(F)c(F)c(C(F)(F)F)c(F)c1F)CCC2=O. The highest BCUT2D eigenvalue weighted by Crippen LogP contribution is 2.39. The number of halogens is 7. The number of hydrogen-bond donors (Lipinski definition) is 1. The van der Waals surface area contributed by atoms with Crippen LogP contribution in [0.25, 0.3) is 0 Å². The summed E-state index contributed by atoms with van der Waals surface area (Å²) in [5.41, 5.74) is -3.77. The number of carbonyl (C=O) groups excluding carboxylic acids is 3. The van der Waals surface area contributed by atoms with Gasteiger partial charge < -0.3 is 5.32 Å². The zero-order valence-corrected chi connectivity index (χ0v) is 16.3. The Bertz CT molecular complexity index is 1110. The van der Waals surface area contributed by atoms with Gasteiger partial charge in [0.1, 0.15) is 17.0 Å². The topological polar surface area (TPSA) is 63.2 Å². The second-order valence-electron chi connectivity index (χ2n) is 7.31. The van der Waals surface area contributed by atoms with Gasteiger partial charge in [0.2, 0.25) is 5.91 Å². The summed E-state index contributed by atoms with van der Waals surface area (Å²) in [6, 6.07) is 4.27. The van der Waals surface area contributed by atoms with Crippen molar-refractivity contribution in [2.75, 3.05) is 5.32 Å². The Hall–Kier alpha value is -3.24. The highest BCUT2D eigenvalue weighted by atomic mass is 19.4. The first kappa shape index (κ1) is 23.4. The van der Waals surface area contributed by atoms with Crippen LogP contribution in [0.2, 0.25) is 0 Å². The Kier molecular flexibility index (Phi) is 6.12. The molecule has 0 spiro atoms. The van der Waals surface area contributed by atoms with Crippen LogP contribution in [0.15, 0.2) is 18.2 Å². The molecule has 2 aromatic rings. The minimum atomic E-state index is -5.71.